The van der Waals surface area contributed by atoms with Crippen LogP contribution in [0.15, 0.2) is 80.2 Å². The first kappa shape index (κ1) is 43.8. The summed E-state index contributed by atoms with van der Waals surface area (Å²) in [5.74, 6) is -31.5. The van der Waals surface area contributed by atoms with Crippen molar-refractivity contribution in [1.82, 2.24) is 0 Å². The number of halogens is 8. The molecule has 0 saturated heterocycles. The van der Waals surface area contributed by atoms with Gasteiger partial charge in [0, 0.05) is 22.9 Å². The fourth-order valence-electron chi connectivity index (χ4n) is 5.51. The van der Waals surface area contributed by atoms with Gasteiger partial charge in [-0.15, -0.1) is 0 Å². The number of fused-ring (bicyclic) bond motifs is 2. The molecule has 15 nitrogen and oxygen atoms in total. The Morgan fingerprint density at radius 1 is 0.400 bits per heavy atom. The van der Waals surface area contributed by atoms with Crippen molar-refractivity contribution < 1.29 is 101 Å². The van der Waals surface area contributed by atoms with Crippen LogP contribution in [-0.2, 0) is 40.5 Å². The zero-order valence-corrected chi connectivity index (χ0v) is 31.5. The van der Waals surface area contributed by atoms with Crippen molar-refractivity contribution in [3.8, 4) is 23.0 Å². The number of ketones is 1. The van der Waals surface area contributed by atoms with E-state index in [4.69, 9.17) is 9.47 Å². The number of rotatable bonds is 10. The van der Waals surface area contributed by atoms with E-state index in [1.54, 1.807) is 0 Å². The van der Waals surface area contributed by atoms with Crippen molar-refractivity contribution in [2.75, 3.05) is 0 Å². The van der Waals surface area contributed by atoms with Crippen molar-refractivity contribution in [3.63, 3.8) is 0 Å². The molecule has 6 aromatic rings. The Bertz CT molecular complexity index is 3090. The minimum absolute atomic E-state index is 0.317. The van der Waals surface area contributed by atoms with Crippen LogP contribution in [-0.4, -0.2) is 57.7 Å². The summed E-state index contributed by atoms with van der Waals surface area (Å²) in [7, 11) is -20.5. The second-order valence-electron chi connectivity index (χ2n) is 12.0. The standard InChI is InChI=1S/C33H14F8O15S4/c34-23-21(24(35)28(39)32(27(23)38)55-19-9-15(59(49,50)51)7-11-5-13(57(43,44)45)1-3-17(11)19)31(42)22-25(36)29(40)33(30(41)26(22)37)56-20-10-16(60(52,53)54)8-12-6-14(58(46,47)48)2-4-18(12)20/h1-10H,(H,43,44,45)(H,46,47,48)(H,49,50,51)(H,52,53,54). The molecular weight excluding hydrogens is 917 g/mol. The topological polar surface area (TPSA) is 253 Å². The highest BCUT2D eigenvalue weighted by molar-refractivity contribution is 7.86. The van der Waals surface area contributed by atoms with Crippen molar-refractivity contribution >= 4 is 67.8 Å². The molecule has 0 bridgehead atoms. The van der Waals surface area contributed by atoms with Gasteiger partial charge in [-0.3, -0.25) is 23.0 Å². The highest BCUT2D eigenvalue weighted by atomic mass is 32.2. The summed E-state index contributed by atoms with van der Waals surface area (Å²) in [6, 6.07) is 5.67. The molecule has 0 amide bonds. The smallest absolute Gasteiger partial charge is 0.294 e. The lowest BCUT2D eigenvalue weighted by Crippen LogP contribution is -2.18. The quantitative estimate of drug-likeness (QED) is 0.0471. The highest BCUT2D eigenvalue weighted by Gasteiger charge is 2.38. The Balaban J connectivity index is 1.46. The van der Waals surface area contributed by atoms with E-state index >= 15 is 35.1 Å². The van der Waals surface area contributed by atoms with E-state index < -0.39 is 168 Å². The maximum Gasteiger partial charge on any atom is 0.294 e. The summed E-state index contributed by atoms with van der Waals surface area (Å²) in [6.07, 6.45) is 0. The second-order valence-corrected chi connectivity index (χ2v) is 17.6. The molecule has 316 valence electrons. The molecule has 0 heterocycles. The molecule has 0 aliphatic carbocycles. The first-order chi connectivity index (χ1) is 27.5. The zero-order chi connectivity index (χ0) is 44.8. The van der Waals surface area contributed by atoms with Gasteiger partial charge >= 0.3 is 0 Å². The lowest BCUT2D eigenvalue weighted by molar-refractivity contribution is 0.101. The van der Waals surface area contributed by atoms with Gasteiger partial charge in [-0.05, 0) is 59.3 Å². The van der Waals surface area contributed by atoms with Crippen molar-refractivity contribution in [2.45, 2.75) is 19.6 Å². The molecule has 27 heteroatoms. The number of carbonyl (C=O) groups excluding carboxylic acids is 1. The molecule has 6 aromatic carbocycles. The van der Waals surface area contributed by atoms with Gasteiger partial charge < -0.3 is 9.47 Å². The Morgan fingerprint density at radius 2 is 0.667 bits per heavy atom. The van der Waals surface area contributed by atoms with Crippen LogP contribution in [0.3, 0.4) is 0 Å². The van der Waals surface area contributed by atoms with E-state index in [1.165, 1.54) is 0 Å². The summed E-state index contributed by atoms with van der Waals surface area (Å²) in [5, 5.41) is -2.13. The minimum Gasteiger partial charge on any atom is -0.450 e. The molecule has 0 spiro atoms. The van der Waals surface area contributed by atoms with Crippen molar-refractivity contribution in [1.29, 1.82) is 0 Å². The monoisotopic (exact) mass is 930 g/mol. The molecule has 0 aromatic heterocycles. The SMILES string of the molecule is O=C(c1c(F)c(F)c(Oc2cc(S(=O)(=O)O)cc3cc(S(=O)(=O)O)ccc23)c(F)c1F)c1c(F)c(F)c(Oc2cc(S(=O)(=O)O)cc3cc(S(=O)(=O)O)ccc23)c(F)c1F. The van der Waals surface area contributed by atoms with Crippen LogP contribution >= 0.6 is 0 Å². The first-order valence-electron chi connectivity index (χ1n) is 15.2. The second kappa shape index (κ2) is 14.7. The van der Waals surface area contributed by atoms with Gasteiger partial charge in [0.2, 0.25) is 40.6 Å². The van der Waals surface area contributed by atoms with Crippen molar-refractivity contribution in [3.05, 3.63) is 118 Å². The van der Waals surface area contributed by atoms with Gasteiger partial charge in [0.05, 0.1) is 19.6 Å². The summed E-state index contributed by atoms with van der Waals surface area (Å²) >= 11 is 0. The molecule has 0 unspecified atom stereocenters. The lowest BCUT2D eigenvalue weighted by atomic mass is 9.99. The Morgan fingerprint density at radius 3 is 0.933 bits per heavy atom. The predicted molar refractivity (Wildman–Crippen MR) is 183 cm³/mol. The molecule has 0 aliphatic heterocycles. The highest BCUT2D eigenvalue weighted by Crippen LogP contribution is 2.42. The van der Waals surface area contributed by atoms with E-state index in [0.717, 1.165) is 12.1 Å². The molecular formula is C33H14F8O15S4. The van der Waals surface area contributed by atoms with E-state index in [1.807, 2.05) is 0 Å². The van der Waals surface area contributed by atoms with Crippen LogP contribution < -0.4 is 9.47 Å². The van der Waals surface area contributed by atoms with E-state index in [-0.39, 0.29) is 0 Å². The fourth-order valence-corrected chi connectivity index (χ4v) is 7.60. The fraction of sp³-hybridized carbons (Fsp3) is 0. The average Bonchev–Trinajstić information content (AvgIpc) is 3.14. The van der Waals surface area contributed by atoms with E-state index in [2.05, 4.69) is 0 Å². The third-order valence-electron chi connectivity index (χ3n) is 8.24. The predicted octanol–water partition coefficient (Wildman–Crippen LogP) is 6.91. The summed E-state index contributed by atoms with van der Waals surface area (Å²) in [5.41, 5.74) is -5.09. The Hall–Kier alpha value is -5.81. The van der Waals surface area contributed by atoms with Crippen LogP contribution in [0.5, 0.6) is 23.0 Å². The summed E-state index contributed by atoms with van der Waals surface area (Å²) in [6.45, 7) is 0. The Kier molecular flexibility index (Phi) is 10.7. The Labute approximate surface area is 329 Å². The number of hydrogen-bond donors (Lipinski definition) is 4. The van der Waals surface area contributed by atoms with Gasteiger partial charge in [0.25, 0.3) is 40.5 Å². The third-order valence-corrected chi connectivity index (χ3v) is 11.6. The number of hydrogen-bond acceptors (Lipinski definition) is 11. The molecule has 0 fully saturated rings. The first-order valence-corrected chi connectivity index (χ1v) is 21.0. The normalized spacial score (nSPS) is 12.6. The molecule has 4 N–H and O–H groups in total. The van der Waals surface area contributed by atoms with E-state index in [9.17, 15) is 56.7 Å². The number of ether oxygens (including phenoxy) is 2. The molecule has 0 aliphatic rings. The minimum atomic E-state index is -5.28. The maximum atomic E-state index is 15.4. The van der Waals surface area contributed by atoms with Crippen LogP contribution in [0.2, 0.25) is 0 Å². The molecule has 60 heavy (non-hydrogen) atoms. The van der Waals surface area contributed by atoms with Crippen LogP contribution in [0.1, 0.15) is 15.9 Å². The van der Waals surface area contributed by atoms with Gasteiger partial charge in [-0.1, -0.05) is 0 Å². The largest absolute Gasteiger partial charge is 0.450 e. The van der Waals surface area contributed by atoms with Crippen LogP contribution in [0.25, 0.3) is 21.5 Å². The van der Waals surface area contributed by atoms with Gasteiger partial charge in [-0.25, -0.2) is 17.6 Å². The lowest BCUT2D eigenvalue weighted by Gasteiger charge is -2.16. The van der Waals surface area contributed by atoms with Crippen LogP contribution in [0, 0.1) is 46.5 Å². The third kappa shape index (κ3) is 7.83. The molecule has 6 rings (SSSR count). The van der Waals surface area contributed by atoms with Gasteiger partial charge in [0.1, 0.15) is 22.6 Å². The molecule has 0 atom stereocenters. The van der Waals surface area contributed by atoms with Gasteiger partial charge in [0.15, 0.2) is 23.3 Å². The summed E-state index contributed by atoms with van der Waals surface area (Å²) in [4.78, 5) is 8.98. The zero-order valence-electron chi connectivity index (χ0n) is 28.2. The number of carbonyl (C=O) groups is 1. The number of benzene rings is 6. The molecule has 0 saturated carbocycles. The van der Waals surface area contributed by atoms with E-state index in [0.29, 0.717) is 48.5 Å². The van der Waals surface area contributed by atoms with Crippen molar-refractivity contribution in [2.24, 2.45) is 0 Å². The summed E-state index contributed by atoms with van der Waals surface area (Å²) < 4.78 is 265. The maximum absolute atomic E-state index is 15.4. The average molecular weight is 931 g/mol. The molecule has 0 radical (unpaired) electrons. The van der Waals surface area contributed by atoms with Crippen LogP contribution in [0.4, 0.5) is 35.1 Å². The van der Waals surface area contributed by atoms with Gasteiger partial charge in [-0.2, -0.15) is 51.2 Å².